The van der Waals surface area contributed by atoms with Gasteiger partial charge in [-0.2, -0.15) is 0 Å². The molecule has 2 aromatic rings. The monoisotopic (exact) mass is 348 g/mol. The van der Waals surface area contributed by atoms with Gasteiger partial charge in [0.1, 0.15) is 0 Å². The molecule has 1 N–H and O–H groups in total. The average Bonchev–Trinajstić information content (AvgIpc) is 2.96. The molecular weight excluding hydrogens is 332 g/mol. The molecule has 2 amide bonds. The molecule has 1 aliphatic rings. The predicted octanol–water partition coefficient (Wildman–Crippen LogP) is 3.95. The lowest BCUT2D eigenvalue weighted by atomic mass is 10.00. The van der Waals surface area contributed by atoms with E-state index < -0.39 is 0 Å². The summed E-state index contributed by atoms with van der Waals surface area (Å²) in [5.41, 5.74) is 2.49. The number of carbonyl (C=O) groups excluding carboxylic acids is 2. The summed E-state index contributed by atoms with van der Waals surface area (Å²) in [6.07, 6.45) is 1.14. The van der Waals surface area contributed by atoms with Crippen LogP contribution in [0.5, 0.6) is 0 Å². The molecular formula is C17H17ClN2O2S. The number of aryl methyl sites for hydroxylation is 1. The third-order valence-electron chi connectivity index (χ3n) is 3.89. The molecule has 0 spiro atoms. The van der Waals surface area contributed by atoms with Gasteiger partial charge in [0.2, 0.25) is 5.91 Å². The fourth-order valence-electron chi connectivity index (χ4n) is 2.65. The highest BCUT2D eigenvalue weighted by molar-refractivity contribution is 7.16. The topological polar surface area (TPSA) is 49.4 Å². The van der Waals surface area contributed by atoms with Crippen molar-refractivity contribution < 1.29 is 9.59 Å². The van der Waals surface area contributed by atoms with E-state index in [0.29, 0.717) is 31.5 Å². The second kappa shape index (κ2) is 6.72. The van der Waals surface area contributed by atoms with Crippen molar-refractivity contribution in [1.29, 1.82) is 0 Å². The van der Waals surface area contributed by atoms with Crippen molar-refractivity contribution in [1.82, 2.24) is 4.90 Å². The van der Waals surface area contributed by atoms with Crippen LogP contribution in [0.4, 0.5) is 5.69 Å². The lowest BCUT2D eigenvalue weighted by molar-refractivity contribution is -0.116. The van der Waals surface area contributed by atoms with Gasteiger partial charge in [0.15, 0.2) is 0 Å². The Morgan fingerprint density at radius 1 is 1.30 bits per heavy atom. The summed E-state index contributed by atoms with van der Waals surface area (Å²) in [7, 11) is 0. The Labute approximate surface area is 144 Å². The molecule has 2 heterocycles. The average molecular weight is 349 g/mol. The highest BCUT2D eigenvalue weighted by Crippen LogP contribution is 2.26. The molecule has 0 radical (unpaired) electrons. The third kappa shape index (κ3) is 3.57. The molecule has 120 valence electrons. The van der Waals surface area contributed by atoms with E-state index in [1.54, 1.807) is 11.0 Å². The lowest BCUT2D eigenvalue weighted by Gasteiger charge is -2.22. The summed E-state index contributed by atoms with van der Waals surface area (Å²) >= 11 is 7.45. The zero-order chi connectivity index (χ0) is 16.4. The first-order valence-corrected chi connectivity index (χ1v) is 8.72. The van der Waals surface area contributed by atoms with Gasteiger partial charge in [-0.15, -0.1) is 11.3 Å². The number of halogens is 1. The second-order valence-corrected chi connectivity index (χ2v) is 7.24. The van der Waals surface area contributed by atoms with Crippen LogP contribution in [-0.2, 0) is 17.8 Å². The third-order valence-corrected chi connectivity index (χ3v) is 5.11. The van der Waals surface area contributed by atoms with Crippen LogP contribution in [0.25, 0.3) is 0 Å². The van der Waals surface area contributed by atoms with Crippen molar-refractivity contribution in [3.05, 3.63) is 50.7 Å². The van der Waals surface area contributed by atoms with Crippen molar-refractivity contribution in [3.8, 4) is 0 Å². The molecule has 0 saturated heterocycles. The van der Waals surface area contributed by atoms with Crippen LogP contribution in [0.2, 0.25) is 4.34 Å². The van der Waals surface area contributed by atoms with Crippen LogP contribution in [0.3, 0.4) is 0 Å². The number of nitrogens with zero attached hydrogens (tertiary/aromatic N) is 1. The first kappa shape index (κ1) is 16.0. The van der Waals surface area contributed by atoms with E-state index >= 15 is 0 Å². The van der Waals surface area contributed by atoms with Crippen molar-refractivity contribution in [3.63, 3.8) is 0 Å². The minimum atomic E-state index is -0.00303. The van der Waals surface area contributed by atoms with Gasteiger partial charge in [0.05, 0.1) is 10.9 Å². The molecule has 1 aliphatic heterocycles. The zero-order valence-corrected chi connectivity index (χ0v) is 14.3. The van der Waals surface area contributed by atoms with Crippen molar-refractivity contribution in [2.24, 2.45) is 0 Å². The highest BCUT2D eigenvalue weighted by Gasteiger charge is 2.19. The second-order valence-electron chi connectivity index (χ2n) is 5.45. The SMILES string of the molecule is CCN(Cc1ccc(Cl)s1)C(=O)c1ccc2c(c1)CCC(=O)N2. The summed E-state index contributed by atoms with van der Waals surface area (Å²) in [5, 5.41) is 2.83. The number of rotatable bonds is 4. The fourth-order valence-corrected chi connectivity index (χ4v) is 3.75. The number of hydrogen-bond acceptors (Lipinski definition) is 3. The van der Waals surface area contributed by atoms with E-state index in [9.17, 15) is 9.59 Å². The molecule has 1 aromatic heterocycles. The van der Waals surface area contributed by atoms with Crippen LogP contribution < -0.4 is 5.32 Å². The van der Waals surface area contributed by atoms with Gasteiger partial charge in [-0.3, -0.25) is 9.59 Å². The van der Waals surface area contributed by atoms with Crippen LogP contribution in [0.1, 0.15) is 34.1 Å². The number of thiophene rings is 1. The minimum absolute atomic E-state index is 0.00303. The molecule has 0 atom stereocenters. The molecule has 0 fully saturated rings. The van der Waals surface area contributed by atoms with Gasteiger partial charge in [0, 0.05) is 29.1 Å². The van der Waals surface area contributed by atoms with Crippen LogP contribution in [0, 0.1) is 0 Å². The number of amides is 2. The van der Waals surface area contributed by atoms with E-state index in [1.165, 1.54) is 11.3 Å². The standard InChI is InChI=1S/C17H17ClN2O2S/c1-2-20(10-13-5-7-15(18)23-13)17(22)12-3-6-14-11(9-12)4-8-16(21)19-14/h3,5-7,9H,2,4,8,10H2,1H3,(H,19,21). The number of carbonyl (C=O) groups is 2. The maximum absolute atomic E-state index is 12.7. The van der Waals surface area contributed by atoms with Crippen LogP contribution in [-0.4, -0.2) is 23.3 Å². The van der Waals surface area contributed by atoms with E-state index in [1.807, 2.05) is 31.2 Å². The Kier molecular flexibility index (Phi) is 4.68. The normalized spacial score (nSPS) is 13.4. The summed E-state index contributed by atoms with van der Waals surface area (Å²) in [5.74, 6) is 0.0260. The summed E-state index contributed by atoms with van der Waals surface area (Å²) < 4.78 is 0.730. The molecule has 0 saturated carbocycles. The van der Waals surface area contributed by atoms with Gasteiger partial charge in [0.25, 0.3) is 5.91 Å². The number of anilines is 1. The largest absolute Gasteiger partial charge is 0.334 e. The maximum atomic E-state index is 12.7. The molecule has 1 aromatic carbocycles. The number of fused-ring (bicyclic) bond motifs is 1. The van der Waals surface area contributed by atoms with Crippen molar-refractivity contribution >= 4 is 40.4 Å². The Balaban J connectivity index is 1.79. The predicted molar refractivity (Wildman–Crippen MR) is 93.1 cm³/mol. The fraction of sp³-hybridized carbons (Fsp3) is 0.294. The van der Waals surface area contributed by atoms with Gasteiger partial charge in [-0.05, 0) is 49.2 Å². The lowest BCUT2D eigenvalue weighted by Crippen LogP contribution is -2.30. The van der Waals surface area contributed by atoms with E-state index in [2.05, 4.69) is 5.32 Å². The first-order valence-electron chi connectivity index (χ1n) is 7.53. The smallest absolute Gasteiger partial charge is 0.254 e. The molecule has 23 heavy (non-hydrogen) atoms. The van der Waals surface area contributed by atoms with E-state index in [-0.39, 0.29) is 11.8 Å². The Bertz CT molecular complexity index is 757. The molecule has 0 bridgehead atoms. The Hall–Kier alpha value is -1.85. The Morgan fingerprint density at radius 2 is 2.13 bits per heavy atom. The molecule has 6 heteroatoms. The number of hydrogen-bond donors (Lipinski definition) is 1. The van der Waals surface area contributed by atoms with Crippen LogP contribution in [0.15, 0.2) is 30.3 Å². The minimum Gasteiger partial charge on any atom is -0.334 e. The van der Waals surface area contributed by atoms with E-state index in [0.717, 1.165) is 20.5 Å². The first-order chi connectivity index (χ1) is 11.1. The Morgan fingerprint density at radius 3 is 2.83 bits per heavy atom. The van der Waals surface area contributed by atoms with Crippen LogP contribution >= 0.6 is 22.9 Å². The zero-order valence-electron chi connectivity index (χ0n) is 12.8. The van der Waals surface area contributed by atoms with Crippen molar-refractivity contribution in [2.45, 2.75) is 26.3 Å². The van der Waals surface area contributed by atoms with Gasteiger partial charge < -0.3 is 10.2 Å². The summed E-state index contributed by atoms with van der Waals surface area (Å²) in [4.78, 5) is 27.0. The summed E-state index contributed by atoms with van der Waals surface area (Å²) in [6, 6.07) is 9.28. The molecule has 0 aliphatic carbocycles. The van der Waals surface area contributed by atoms with E-state index in [4.69, 9.17) is 11.6 Å². The molecule has 4 nitrogen and oxygen atoms in total. The summed E-state index contributed by atoms with van der Waals surface area (Å²) in [6.45, 7) is 3.15. The van der Waals surface area contributed by atoms with Gasteiger partial charge in [-0.25, -0.2) is 0 Å². The maximum Gasteiger partial charge on any atom is 0.254 e. The van der Waals surface area contributed by atoms with Crippen molar-refractivity contribution in [2.75, 3.05) is 11.9 Å². The van der Waals surface area contributed by atoms with Gasteiger partial charge >= 0.3 is 0 Å². The van der Waals surface area contributed by atoms with Gasteiger partial charge in [-0.1, -0.05) is 11.6 Å². The quantitative estimate of drug-likeness (QED) is 0.909. The number of benzene rings is 1. The number of nitrogens with one attached hydrogen (secondary N) is 1. The molecule has 0 unspecified atom stereocenters. The highest BCUT2D eigenvalue weighted by atomic mass is 35.5. The molecule has 3 rings (SSSR count).